The Morgan fingerprint density at radius 1 is 1.13 bits per heavy atom. The maximum Gasteiger partial charge on any atom is 0.387 e. The zero-order valence-electron chi connectivity index (χ0n) is 16.0. The molecule has 2 amide bonds. The standard InChI is InChI=1S/C20H16F2N2O6S/c1-11-9-16(24-18(26)14-3-2-8-28-14)31-17(11)19(27)29-10-15(25)23-12-4-6-13(7-5-12)30-20(21)22/h2-9,20H,10H2,1H3,(H,23,25)(H,24,26). The molecule has 0 atom stereocenters. The van der Waals surface area contributed by atoms with E-state index in [0.717, 1.165) is 11.3 Å². The summed E-state index contributed by atoms with van der Waals surface area (Å²) in [5.74, 6) is -1.73. The molecule has 162 valence electrons. The number of hydrogen-bond donors (Lipinski definition) is 2. The van der Waals surface area contributed by atoms with Crippen LogP contribution >= 0.6 is 11.3 Å². The summed E-state index contributed by atoms with van der Waals surface area (Å²) in [7, 11) is 0. The summed E-state index contributed by atoms with van der Waals surface area (Å²) in [6, 6.07) is 9.95. The molecule has 2 N–H and O–H groups in total. The number of carbonyl (C=O) groups excluding carboxylic acids is 3. The van der Waals surface area contributed by atoms with Crippen LogP contribution in [0.4, 0.5) is 19.5 Å². The molecule has 0 spiro atoms. The van der Waals surface area contributed by atoms with Crippen LogP contribution in [0.15, 0.2) is 53.1 Å². The van der Waals surface area contributed by atoms with Crippen LogP contribution in [0.2, 0.25) is 0 Å². The molecular formula is C20H16F2N2O6S. The average Bonchev–Trinajstić information content (AvgIpc) is 3.37. The van der Waals surface area contributed by atoms with Crippen molar-refractivity contribution in [2.24, 2.45) is 0 Å². The van der Waals surface area contributed by atoms with Gasteiger partial charge in [-0.2, -0.15) is 8.78 Å². The Hall–Kier alpha value is -3.73. The lowest BCUT2D eigenvalue weighted by Crippen LogP contribution is -2.20. The third-order valence-electron chi connectivity index (χ3n) is 3.78. The number of nitrogens with one attached hydrogen (secondary N) is 2. The lowest BCUT2D eigenvalue weighted by molar-refractivity contribution is -0.119. The Balaban J connectivity index is 1.51. The molecule has 2 heterocycles. The van der Waals surface area contributed by atoms with Gasteiger partial charge in [0, 0.05) is 5.69 Å². The first-order valence-electron chi connectivity index (χ1n) is 8.79. The Bertz CT molecular complexity index is 1060. The first-order valence-corrected chi connectivity index (χ1v) is 9.60. The van der Waals surface area contributed by atoms with Crippen molar-refractivity contribution in [1.82, 2.24) is 0 Å². The Morgan fingerprint density at radius 3 is 2.52 bits per heavy atom. The molecular weight excluding hydrogens is 434 g/mol. The Morgan fingerprint density at radius 2 is 1.87 bits per heavy atom. The van der Waals surface area contributed by atoms with Gasteiger partial charge in [-0.05, 0) is 55.0 Å². The first-order chi connectivity index (χ1) is 14.8. The van der Waals surface area contributed by atoms with Crippen molar-refractivity contribution in [3.8, 4) is 5.75 Å². The van der Waals surface area contributed by atoms with Gasteiger partial charge in [0.05, 0.1) is 11.3 Å². The molecule has 2 aromatic heterocycles. The zero-order chi connectivity index (χ0) is 22.4. The second kappa shape index (κ2) is 9.85. The van der Waals surface area contributed by atoms with E-state index in [1.54, 1.807) is 19.1 Å². The number of furan rings is 1. The quantitative estimate of drug-likeness (QED) is 0.496. The van der Waals surface area contributed by atoms with Gasteiger partial charge < -0.3 is 24.5 Å². The lowest BCUT2D eigenvalue weighted by atomic mass is 10.3. The molecule has 0 bridgehead atoms. The molecule has 0 unspecified atom stereocenters. The fraction of sp³-hybridized carbons (Fsp3) is 0.150. The number of amides is 2. The number of rotatable bonds is 8. The SMILES string of the molecule is Cc1cc(NC(=O)c2ccco2)sc1C(=O)OCC(=O)Nc1ccc(OC(F)F)cc1. The molecule has 0 aliphatic carbocycles. The van der Waals surface area contributed by atoms with Crippen LogP contribution in [-0.4, -0.2) is 31.0 Å². The second-order valence-corrected chi connectivity index (χ2v) is 7.13. The minimum absolute atomic E-state index is 0.0532. The number of ether oxygens (including phenoxy) is 2. The molecule has 1 aromatic carbocycles. The van der Waals surface area contributed by atoms with Crippen molar-refractivity contribution in [3.05, 3.63) is 64.9 Å². The number of carbonyl (C=O) groups is 3. The third kappa shape index (κ3) is 6.12. The topological polar surface area (TPSA) is 107 Å². The molecule has 31 heavy (non-hydrogen) atoms. The number of halogens is 2. The fourth-order valence-corrected chi connectivity index (χ4v) is 3.40. The normalized spacial score (nSPS) is 10.6. The van der Waals surface area contributed by atoms with E-state index >= 15 is 0 Å². The number of anilines is 2. The van der Waals surface area contributed by atoms with Crippen LogP contribution in [-0.2, 0) is 9.53 Å². The van der Waals surface area contributed by atoms with Crippen LogP contribution in [0.3, 0.4) is 0 Å². The molecule has 3 rings (SSSR count). The zero-order valence-corrected chi connectivity index (χ0v) is 16.8. The van der Waals surface area contributed by atoms with Gasteiger partial charge in [0.1, 0.15) is 10.6 Å². The number of benzene rings is 1. The van der Waals surface area contributed by atoms with Gasteiger partial charge in [-0.1, -0.05) is 0 Å². The Kier molecular flexibility index (Phi) is 6.98. The first kappa shape index (κ1) is 22.0. The number of aryl methyl sites for hydroxylation is 1. The summed E-state index contributed by atoms with van der Waals surface area (Å²) < 4.78 is 38.5. The summed E-state index contributed by atoms with van der Waals surface area (Å²) in [5.41, 5.74) is 0.887. The molecule has 0 aliphatic heterocycles. The van der Waals surface area contributed by atoms with Crippen LogP contribution in [0, 0.1) is 6.92 Å². The van der Waals surface area contributed by atoms with E-state index in [1.807, 2.05) is 0 Å². The van der Waals surface area contributed by atoms with Crippen molar-refractivity contribution in [3.63, 3.8) is 0 Å². The van der Waals surface area contributed by atoms with E-state index in [2.05, 4.69) is 15.4 Å². The van der Waals surface area contributed by atoms with E-state index in [0.29, 0.717) is 16.3 Å². The molecule has 0 fully saturated rings. The fourth-order valence-electron chi connectivity index (χ4n) is 2.44. The van der Waals surface area contributed by atoms with E-state index in [9.17, 15) is 23.2 Å². The van der Waals surface area contributed by atoms with Gasteiger partial charge in [0.25, 0.3) is 11.8 Å². The van der Waals surface area contributed by atoms with Gasteiger partial charge in [0.2, 0.25) is 0 Å². The molecule has 3 aromatic rings. The van der Waals surface area contributed by atoms with E-state index in [-0.39, 0.29) is 16.4 Å². The van der Waals surface area contributed by atoms with Crippen molar-refractivity contribution in [2.45, 2.75) is 13.5 Å². The van der Waals surface area contributed by atoms with Gasteiger partial charge in [0.15, 0.2) is 12.4 Å². The molecule has 0 radical (unpaired) electrons. The summed E-state index contributed by atoms with van der Waals surface area (Å²) >= 11 is 1.00. The minimum Gasteiger partial charge on any atom is -0.459 e. The maximum absolute atomic E-state index is 12.3. The largest absolute Gasteiger partial charge is 0.459 e. The van der Waals surface area contributed by atoms with E-state index in [4.69, 9.17) is 9.15 Å². The highest BCUT2D eigenvalue weighted by molar-refractivity contribution is 7.18. The molecule has 8 nitrogen and oxygen atoms in total. The summed E-state index contributed by atoms with van der Waals surface area (Å²) in [4.78, 5) is 36.5. The van der Waals surface area contributed by atoms with Gasteiger partial charge in [-0.15, -0.1) is 11.3 Å². The van der Waals surface area contributed by atoms with Crippen molar-refractivity contribution < 1.29 is 37.1 Å². The lowest BCUT2D eigenvalue weighted by Gasteiger charge is -2.08. The monoisotopic (exact) mass is 450 g/mol. The predicted molar refractivity (Wildman–Crippen MR) is 108 cm³/mol. The average molecular weight is 450 g/mol. The Labute approximate surface area is 178 Å². The summed E-state index contributed by atoms with van der Waals surface area (Å²) in [6.45, 7) is -1.84. The van der Waals surface area contributed by atoms with Gasteiger partial charge in [-0.25, -0.2) is 4.79 Å². The number of alkyl halides is 2. The minimum atomic E-state index is -2.94. The predicted octanol–water partition coefficient (Wildman–Crippen LogP) is 4.30. The number of thiophene rings is 1. The smallest absolute Gasteiger partial charge is 0.387 e. The maximum atomic E-state index is 12.3. The third-order valence-corrected chi connectivity index (χ3v) is 4.92. The molecule has 0 saturated carbocycles. The highest BCUT2D eigenvalue weighted by Crippen LogP contribution is 2.28. The van der Waals surface area contributed by atoms with Crippen LogP contribution in [0.1, 0.15) is 25.8 Å². The van der Waals surface area contributed by atoms with Gasteiger partial charge in [-0.3, -0.25) is 9.59 Å². The van der Waals surface area contributed by atoms with Crippen LogP contribution in [0.5, 0.6) is 5.75 Å². The molecule has 0 aliphatic rings. The number of hydrogen-bond acceptors (Lipinski definition) is 7. The van der Waals surface area contributed by atoms with Crippen molar-refractivity contribution >= 4 is 39.8 Å². The summed E-state index contributed by atoms with van der Waals surface area (Å²) in [6.07, 6.45) is 1.37. The van der Waals surface area contributed by atoms with Gasteiger partial charge >= 0.3 is 12.6 Å². The van der Waals surface area contributed by atoms with E-state index in [1.165, 1.54) is 36.6 Å². The summed E-state index contributed by atoms with van der Waals surface area (Å²) in [5, 5.41) is 5.50. The molecule has 11 heteroatoms. The highest BCUT2D eigenvalue weighted by Gasteiger charge is 2.18. The van der Waals surface area contributed by atoms with Crippen molar-refractivity contribution in [1.29, 1.82) is 0 Å². The van der Waals surface area contributed by atoms with Crippen LogP contribution in [0.25, 0.3) is 0 Å². The number of esters is 1. The van der Waals surface area contributed by atoms with E-state index < -0.39 is 31.0 Å². The van der Waals surface area contributed by atoms with Crippen LogP contribution < -0.4 is 15.4 Å². The van der Waals surface area contributed by atoms with Crippen molar-refractivity contribution in [2.75, 3.05) is 17.2 Å². The molecule has 0 saturated heterocycles. The highest BCUT2D eigenvalue weighted by atomic mass is 32.1. The second-order valence-electron chi connectivity index (χ2n) is 6.08.